The zero-order valence-corrected chi connectivity index (χ0v) is 19.2. The summed E-state index contributed by atoms with van der Waals surface area (Å²) in [7, 11) is 0. The second kappa shape index (κ2) is 11.9. The molecule has 0 bridgehead atoms. The Morgan fingerprint density at radius 2 is 1.86 bits per heavy atom. The quantitative estimate of drug-likeness (QED) is 0.597. The van der Waals surface area contributed by atoms with Crippen LogP contribution >= 0.6 is 11.3 Å². The number of urea groups is 1. The van der Waals surface area contributed by atoms with E-state index in [1.54, 1.807) is 0 Å². The van der Waals surface area contributed by atoms with Crippen LogP contribution in [0.3, 0.4) is 0 Å². The van der Waals surface area contributed by atoms with E-state index in [9.17, 15) is 4.79 Å². The van der Waals surface area contributed by atoms with E-state index >= 15 is 0 Å². The van der Waals surface area contributed by atoms with E-state index in [0.717, 1.165) is 32.7 Å². The minimum atomic E-state index is 0.0150. The fourth-order valence-electron chi connectivity index (χ4n) is 4.97. The zero-order chi connectivity index (χ0) is 20.5. The van der Waals surface area contributed by atoms with Crippen molar-refractivity contribution < 1.29 is 4.79 Å². The topological polar surface area (TPSA) is 47.6 Å². The van der Waals surface area contributed by atoms with Gasteiger partial charge in [-0.15, -0.1) is 11.3 Å². The van der Waals surface area contributed by atoms with Crippen molar-refractivity contribution in [3.8, 4) is 0 Å². The van der Waals surface area contributed by atoms with E-state index in [1.165, 1.54) is 56.5 Å². The van der Waals surface area contributed by atoms with Crippen molar-refractivity contribution in [2.75, 3.05) is 39.3 Å². The Balaban J connectivity index is 1.35. The smallest absolute Gasteiger partial charge is 0.314 e. The van der Waals surface area contributed by atoms with E-state index in [-0.39, 0.29) is 6.03 Å². The molecule has 2 aliphatic rings. The highest BCUT2D eigenvalue weighted by atomic mass is 32.1. The van der Waals surface area contributed by atoms with Gasteiger partial charge in [0, 0.05) is 30.6 Å². The van der Waals surface area contributed by atoms with Crippen molar-refractivity contribution in [2.45, 2.75) is 65.0 Å². The molecule has 3 heterocycles. The standard InChI is InChI=1S/C23H40N4OS/c1-3-20(4-2)22(27-11-5-6-12-27)17-25-23(28)24-16-19-9-13-26(14-10-19)18-21-8-7-15-29-21/h7-8,15,19-20,22H,3-6,9-14,16-18H2,1-2H3,(H2,24,25,28). The maximum absolute atomic E-state index is 12.4. The molecule has 0 saturated carbocycles. The number of likely N-dealkylation sites (tertiary alicyclic amines) is 2. The number of thiophene rings is 1. The first-order valence-electron chi connectivity index (χ1n) is 11.7. The number of piperidine rings is 1. The molecule has 1 atom stereocenters. The Hall–Kier alpha value is -1.11. The van der Waals surface area contributed by atoms with E-state index < -0.39 is 0 Å². The molecule has 1 unspecified atom stereocenters. The minimum Gasteiger partial charge on any atom is -0.338 e. The molecule has 1 aromatic rings. The summed E-state index contributed by atoms with van der Waals surface area (Å²) in [5.74, 6) is 1.27. The van der Waals surface area contributed by atoms with Crippen LogP contribution in [0.5, 0.6) is 0 Å². The van der Waals surface area contributed by atoms with E-state index in [4.69, 9.17) is 0 Å². The highest BCUT2D eigenvalue weighted by Gasteiger charge is 2.28. The van der Waals surface area contributed by atoms with Gasteiger partial charge in [0.15, 0.2) is 0 Å². The summed E-state index contributed by atoms with van der Waals surface area (Å²) in [6.45, 7) is 11.9. The molecular weight excluding hydrogens is 380 g/mol. The predicted molar refractivity (Wildman–Crippen MR) is 122 cm³/mol. The normalized spacial score (nSPS) is 20.2. The Kier molecular flexibility index (Phi) is 9.28. The SMILES string of the molecule is CCC(CC)C(CNC(=O)NCC1CCN(Cc2cccs2)CC1)N1CCCC1. The third kappa shape index (κ3) is 6.97. The average Bonchev–Trinajstić information content (AvgIpc) is 3.45. The molecule has 6 heteroatoms. The van der Waals surface area contributed by atoms with Crippen LogP contribution in [-0.4, -0.2) is 61.1 Å². The van der Waals surface area contributed by atoms with Crippen LogP contribution in [0.1, 0.15) is 57.2 Å². The van der Waals surface area contributed by atoms with Gasteiger partial charge in [-0.1, -0.05) is 32.8 Å². The number of nitrogens with zero attached hydrogens (tertiary/aromatic N) is 2. The van der Waals surface area contributed by atoms with Gasteiger partial charge in [-0.3, -0.25) is 9.80 Å². The highest BCUT2D eigenvalue weighted by molar-refractivity contribution is 7.09. The molecule has 0 aromatic carbocycles. The van der Waals surface area contributed by atoms with Crippen LogP contribution in [0.4, 0.5) is 4.79 Å². The first-order valence-corrected chi connectivity index (χ1v) is 12.6. The number of hydrogen-bond acceptors (Lipinski definition) is 4. The first-order chi connectivity index (χ1) is 14.2. The number of nitrogens with one attached hydrogen (secondary N) is 2. The van der Waals surface area contributed by atoms with Gasteiger partial charge in [-0.25, -0.2) is 4.79 Å². The number of carbonyl (C=O) groups is 1. The Labute approximate surface area is 181 Å². The molecule has 2 saturated heterocycles. The number of rotatable bonds is 10. The van der Waals surface area contributed by atoms with E-state index in [1.807, 2.05) is 11.3 Å². The third-order valence-corrected chi connectivity index (χ3v) is 7.75. The maximum atomic E-state index is 12.4. The molecule has 5 nitrogen and oxygen atoms in total. The van der Waals surface area contributed by atoms with Crippen molar-refractivity contribution in [3.05, 3.63) is 22.4 Å². The van der Waals surface area contributed by atoms with E-state index in [2.05, 4.69) is 51.8 Å². The van der Waals surface area contributed by atoms with Crippen molar-refractivity contribution >= 4 is 17.4 Å². The molecule has 29 heavy (non-hydrogen) atoms. The fourth-order valence-corrected chi connectivity index (χ4v) is 5.71. The second-order valence-electron chi connectivity index (χ2n) is 8.78. The summed E-state index contributed by atoms with van der Waals surface area (Å²) in [5.41, 5.74) is 0. The number of carbonyl (C=O) groups excluding carboxylic acids is 1. The number of hydrogen-bond donors (Lipinski definition) is 2. The largest absolute Gasteiger partial charge is 0.338 e. The molecule has 0 spiro atoms. The van der Waals surface area contributed by atoms with Gasteiger partial charge < -0.3 is 10.6 Å². The molecule has 164 valence electrons. The molecule has 0 radical (unpaired) electrons. The summed E-state index contributed by atoms with van der Waals surface area (Å²) in [6, 6.07) is 4.85. The Morgan fingerprint density at radius 3 is 2.48 bits per heavy atom. The van der Waals surface area contributed by atoms with Crippen LogP contribution < -0.4 is 10.6 Å². The Morgan fingerprint density at radius 1 is 1.14 bits per heavy atom. The van der Waals surface area contributed by atoms with Crippen molar-refractivity contribution in [3.63, 3.8) is 0 Å². The van der Waals surface area contributed by atoms with Crippen LogP contribution in [0, 0.1) is 11.8 Å². The molecule has 0 aliphatic carbocycles. The lowest BCUT2D eigenvalue weighted by molar-refractivity contribution is 0.159. The van der Waals surface area contributed by atoms with Crippen LogP contribution in [-0.2, 0) is 6.54 Å². The van der Waals surface area contributed by atoms with E-state index in [0.29, 0.717) is 17.9 Å². The lowest BCUT2D eigenvalue weighted by Gasteiger charge is -2.34. The summed E-state index contributed by atoms with van der Waals surface area (Å²) in [6.07, 6.45) is 7.32. The van der Waals surface area contributed by atoms with Crippen molar-refractivity contribution in [1.82, 2.24) is 20.4 Å². The average molecular weight is 421 g/mol. The lowest BCUT2D eigenvalue weighted by atomic mass is 9.93. The van der Waals surface area contributed by atoms with Gasteiger partial charge in [-0.05, 0) is 75.1 Å². The first kappa shape index (κ1) is 22.6. The van der Waals surface area contributed by atoms with Gasteiger partial charge in [0.1, 0.15) is 0 Å². The monoisotopic (exact) mass is 420 g/mol. The molecule has 1 aromatic heterocycles. The van der Waals surface area contributed by atoms with Gasteiger partial charge >= 0.3 is 6.03 Å². The molecular formula is C23H40N4OS. The summed E-state index contributed by atoms with van der Waals surface area (Å²) >= 11 is 1.84. The third-order valence-electron chi connectivity index (χ3n) is 6.89. The highest BCUT2D eigenvalue weighted by Crippen LogP contribution is 2.23. The number of amides is 2. The van der Waals surface area contributed by atoms with Gasteiger partial charge in [0.2, 0.25) is 0 Å². The molecule has 2 N–H and O–H groups in total. The minimum absolute atomic E-state index is 0.0150. The van der Waals surface area contributed by atoms with Crippen molar-refractivity contribution in [2.24, 2.45) is 11.8 Å². The Bertz CT molecular complexity index is 574. The fraction of sp³-hybridized carbons (Fsp3) is 0.783. The molecule has 2 fully saturated rings. The van der Waals surface area contributed by atoms with Crippen LogP contribution in [0.25, 0.3) is 0 Å². The molecule has 3 rings (SSSR count). The van der Waals surface area contributed by atoms with Gasteiger partial charge in [0.25, 0.3) is 0 Å². The maximum Gasteiger partial charge on any atom is 0.314 e. The second-order valence-corrected chi connectivity index (χ2v) is 9.81. The summed E-state index contributed by atoms with van der Waals surface area (Å²) in [5, 5.41) is 8.49. The van der Waals surface area contributed by atoms with Gasteiger partial charge in [-0.2, -0.15) is 0 Å². The zero-order valence-electron chi connectivity index (χ0n) is 18.4. The summed E-state index contributed by atoms with van der Waals surface area (Å²) in [4.78, 5) is 19.0. The van der Waals surface area contributed by atoms with Crippen LogP contribution in [0.15, 0.2) is 17.5 Å². The lowest BCUT2D eigenvalue weighted by Crippen LogP contribution is -2.49. The van der Waals surface area contributed by atoms with Crippen LogP contribution in [0.2, 0.25) is 0 Å². The van der Waals surface area contributed by atoms with Crippen molar-refractivity contribution in [1.29, 1.82) is 0 Å². The molecule has 2 amide bonds. The van der Waals surface area contributed by atoms with Gasteiger partial charge in [0.05, 0.1) is 0 Å². The predicted octanol–water partition coefficient (Wildman–Crippen LogP) is 4.16. The molecule has 2 aliphatic heterocycles. The summed E-state index contributed by atoms with van der Waals surface area (Å²) < 4.78 is 0.